The number of phosphoric acid groups is 1. The fourth-order valence-corrected chi connectivity index (χ4v) is 8.11. The van der Waals surface area contributed by atoms with E-state index in [4.69, 9.17) is 18.5 Å². The SMILES string of the molecule is CCCCCC/C=C\CCCCCCCCOCC(COP(=O)(O)OCC[N+](C)(C)C)OC(=O)CCCCCCCCCCCCCCCCCCCCCCCCC. The smallest absolute Gasteiger partial charge is 0.457 e. The number of phosphoric ester groups is 1. The maximum Gasteiger partial charge on any atom is 0.472 e. The van der Waals surface area contributed by atoms with Gasteiger partial charge in [0, 0.05) is 13.0 Å². The van der Waals surface area contributed by atoms with Crippen LogP contribution in [0.15, 0.2) is 12.2 Å². The monoisotopic (exact) mass is 859 g/mol. The lowest BCUT2D eigenvalue weighted by Gasteiger charge is -2.24. The molecule has 0 saturated carbocycles. The van der Waals surface area contributed by atoms with E-state index in [1.807, 2.05) is 21.1 Å². The van der Waals surface area contributed by atoms with Gasteiger partial charge in [0.2, 0.25) is 0 Å². The molecule has 0 heterocycles. The van der Waals surface area contributed by atoms with Crippen LogP contribution in [0.5, 0.6) is 0 Å². The van der Waals surface area contributed by atoms with Crippen molar-refractivity contribution in [2.75, 3.05) is 54.1 Å². The van der Waals surface area contributed by atoms with Gasteiger partial charge in [-0.2, -0.15) is 0 Å². The number of likely N-dealkylation sites (N-methyl/N-ethyl adjacent to an activating group) is 1. The molecule has 0 aliphatic rings. The molecule has 1 N–H and O–H groups in total. The normalized spacial score (nSPS) is 13.7. The number of rotatable bonds is 48. The number of quaternary nitrogens is 1. The summed E-state index contributed by atoms with van der Waals surface area (Å²) in [6.45, 7) is 5.65. The molecule has 0 aromatic carbocycles. The van der Waals surface area contributed by atoms with E-state index in [-0.39, 0.29) is 25.8 Å². The zero-order valence-electron chi connectivity index (χ0n) is 40.0. The summed E-state index contributed by atoms with van der Waals surface area (Å²) in [7, 11) is 1.68. The number of allylic oxidation sites excluding steroid dienone is 2. The van der Waals surface area contributed by atoms with Crippen molar-refractivity contribution in [3.63, 3.8) is 0 Å². The lowest BCUT2D eigenvalue weighted by atomic mass is 10.0. The second-order valence-corrected chi connectivity index (χ2v) is 20.0. The Hall–Kier alpha value is -0.760. The van der Waals surface area contributed by atoms with Crippen LogP contribution in [0.3, 0.4) is 0 Å². The predicted octanol–water partition coefficient (Wildman–Crippen LogP) is 15.4. The molecule has 0 bridgehead atoms. The van der Waals surface area contributed by atoms with E-state index in [0.29, 0.717) is 24.1 Å². The molecule has 0 radical (unpaired) electrons. The van der Waals surface area contributed by atoms with Crippen LogP contribution in [-0.4, -0.2) is 75.6 Å². The van der Waals surface area contributed by atoms with Crippen LogP contribution in [0.1, 0.15) is 245 Å². The number of esters is 1. The Morgan fingerprint density at radius 3 is 1.31 bits per heavy atom. The largest absolute Gasteiger partial charge is 0.472 e. The number of carbonyl (C=O) groups excluding carboxylic acids is 1. The molecule has 0 aromatic rings. The molecule has 0 fully saturated rings. The Balaban J connectivity index is 4.06. The Kier molecular flexibility index (Phi) is 43.3. The van der Waals surface area contributed by atoms with E-state index < -0.39 is 13.9 Å². The predicted molar refractivity (Wildman–Crippen MR) is 252 cm³/mol. The Labute approximate surface area is 367 Å². The van der Waals surface area contributed by atoms with E-state index in [2.05, 4.69) is 26.0 Å². The molecule has 8 nitrogen and oxygen atoms in total. The van der Waals surface area contributed by atoms with Gasteiger partial charge in [-0.25, -0.2) is 4.57 Å². The quantitative estimate of drug-likeness (QED) is 0.0214. The summed E-state index contributed by atoms with van der Waals surface area (Å²) >= 11 is 0. The molecular formula is C50H101NO7P+. The number of unbranched alkanes of at least 4 members (excludes halogenated alkanes) is 32. The van der Waals surface area contributed by atoms with Crippen molar-refractivity contribution >= 4 is 13.8 Å². The minimum Gasteiger partial charge on any atom is -0.457 e. The highest BCUT2D eigenvalue weighted by molar-refractivity contribution is 7.47. The molecule has 0 spiro atoms. The van der Waals surface area contributed by atoms with Gasteiger partial charge in [0.1, 0.15) is 19.3 Å². The van der Waals surface area contributed by atoms with Gasteiger partial charge in [0.25, 0.3) is 0 Å². The molecule has 0 amide bonds. The van der Waals surface area contributed by atoms with Gasteiger partial charge in [-0.15, -0.1) is 0 Å². The second kappa shape index (κ2) is 43.9. The maximum absolute atomic E-state index is 12.7. The first-order valence-electron chi connectivity index (χ1n) is 25.4. The van der Waals surface area contributed by atoms with Crippen LogP contribution in [0.2, 0.25) is 0 Å². The van der Waals surface area contributed by atoms with Crippen LogP contribution in [0.4, 0.5) is 0 Å². The van der Waals surface area contributed by atoms with Crippen molar-refractivity contribution < 1.29 is 37.3 Å². The molecule has 0 saturated heterocycles. The van der Waals surface area contributed by atoms with Crippen molar-refractivity contribution in [2.24, 2.45) is 0 Å². The van der Waals surface area contributed by atoms with E-state index in [1.54, 1.807) is 0 Å². The maximum atomic E-state index is 12.7. The molecule has 2 atom stereocenters. The minimum absolute atomic E-state index is 0.0909. The minimum atomic E-state index is -4.27. The first-order chi connectivity index (χ1) is 28.6. The number of hydrogen-bond donors (Lipinski definition) is 1. The Morgan fingerprint density at radius 2 is 0.881 bits per heavy atom. The van der Waals surface area contributed by atoms with Crippen LogP contribution >= 0.6 is 7.82 Å². The van der Waals surface area contributed by atoms with E-state index >= 15 is 0 Å². The Bertz CT molecular complexity index is 956. The second-order valence-electron chi connectivity index (χ2n) is 18.6. The van der Waals surface area contributed by atoms with Crippen molar-refractivity contribution in [1.82, 2.24) is 0 Å². The summed E-state index contributed by atoms with van der Waals surface area (Å²) in [4.78, 5) is 23.0. The fourth-order valence-electron chi connectivity index (χ4n) is 7.37. The van der Waals surface area contributed by atoms with Crippen LogP contribution < -0.4 is 0 Å². The van der Waals surface area contributed by atoms with Gasteiger partial charge in [-0.05, 0) is 38.5 Å². The van der Waals surface area contributed by atoms with Crippen molar-refractivity contribution in [3.8, 4) is 0 Å². The van der Waals surface area contributed by atoms with Gasteiger partial charge in [-0.1, -0.05) is 212 Å². The summed E-state index contributed by atoms with van der Waals surface area (Å²) in [5.74, 6) is -0.309. The highest BCUT2D eigenvalue weighted by Gasteiger charge is 2.26. The van der Waals surface area contributed by atoms with Gasteiger partial charge >= 0.3 is 13.8 Å². The lowest BCUT2D eigenvalue weighted by molar-refractivity contribution is -0.870. The third kappa shape index (κ3) is 48.1. The zero-order valence-corrected chi connectivity index (χ0v) is 40.9. The van der Waals surface area contributed by atoms with Gasteiger partial charge < -0.3 is 18.9 Å². The summed E-state index contributed by atoms with van der Waals surface area (Å²) in [6, 6.07) is 0. The molecule has 0 aliphatic carbocycles. The van der Waals surface area contributed by atoms with Gasteiger partial charge in [0.05, 0.1) is 34.4 Å². The highest BCUT2D eigenvalue weighted by Crippen LogP contribution is 2.43. The lowest BCUT2D eigenvalue weighted by Crippen LogP contribution is -2.37. The average molecular weight is 859 g/mol. The highest BCUT2D eigenvalue weighted by atomic mass is 31.2. The molecule has 9 heteroatoms. The molecule has 0 aliphatic heterocycles. The summed E-state index contributed by atoms with van der Waals surface area (Å²) < 4.78 is 35.1. The molecular weight excluding hydrogens is 758 g/mol. The molecule has 0 aromatic heterocycles. The van der Waals surface area contributed by atoms with Crippen LogP contribution in [0, 0.1) is 0 Å². The van der Waals surface area contributed by atoms with Crippen LogP contribution in [-0.2, 0) is 27.9 Å². The number of hydrogen-bond acceptors (Lipinski definition) is 6. The molecule has 352 valence electrons. The zero-order chi connectivity index (χ0) is 43.4. The van der Waals surface area contributed by atoms with Crippen molar-refractivity contribution in [2.45, 2.75) is 251 Å². The first-order valence-corrected chi connectivity index (χ1v) is 26.9. The van der Waals surface area contributed by atoms with Gasteiger partial charge in [-0.3, -0.25) is 13.8 Å². The molecule has 0 rings (SSSR count). The third-order valence-electron chi connectivity index (χ3n) is 11.3. The number of carbonyl (C=O) groups is 1. The van der Waals surface area contributed by atoms with E-state index in [0.717, 1.165) is 32.1 Å². The summed E-state index contributed by atoms with van der Waals surface area (Å²) in [5, 5.41) is 0. The first kappa shape index (κ1) is 58.2. The van der Waals surface area contributed by atoms with Crippen molar-refractivity contribution in [3.05, 3.63) is 12.2 Å². The third-order valence-corrected chi connectivity index (χ3v) is 12.3. The van der Waals surface area contributed by atoms with E-state index in [9.17, 15) is 14.3 Å². The fraction of sp³-hybridized carbons (Fsp3) is 0.940. The summed E-state index contributed by atoms with van der Waals surface area (Å²) in [6.07, 6.45) is 49.7. The standard InChI is InChI=1S/C50H100NO7P/c1-6-8-10-12-14-16-18-20-22-23-24-25-26-27-28-29-30-31-33-35-37-39-41-43-50(52)58-49(48-57-59(53,54)56-46-44-51(3,4)5)47-55-45-42-40-38-36-34-32-21-19-17-15-13-11-9-7-2/h17,19,49H,6-16,18,20-48H2,1-5H3/p+1/b19-17-. The molecule has 59 heavy (non-hydrogen) atoms. The van der Waals surface area contributed by atoms with Crippen LogP contribution in [0.25, 0.3) is 0 Å². The van der Waals surface area contributed by atoms with Gasteiger partial charge in [0.15, 0.2) is 0 Å². The van der Waals surface area contributed by atoms with E-state index in [1.165, 1.54) is 193 Å². The van der Waals surface area contributed by atoms with Crippen molar-refractivity contribution in [1.29, 1.82) is 0 Å². The molecule has 2 unspecified atom stereocenters. The Morgan fingerprint density at radius 1 is 0.508 bits per heavy atom. The summed E-state index contributed by atoms with van der Waals surface area (Å²) in [5.41, 5.74) is 0. The average Bonchev–Trinajstić information content (AvgIpc) is 3.19. The topological polar surface area (TPSA) is 91.3 Å². The number of nitrogens with zero attached hydrogens (tertiary/aromatic N) is 1. The number of ether oxygens (including phenoxy) is 2.